The summed E-state index contributed by atoms with van der Waals surface area (Å²) < 4.78 is 16.9. The quantitative estimate of drug-likeness (QED) is 0.692. The van der Waals surface area contributed by atoms with Crippen LogP contribution in [-0.2, 0) is 0 Å². The first-order chi connectivity index (χ1) is 13.1. The summed E-state index contributed by atoms with van der Waals surface area (Å²) in [5, 5.41) is 9.15. The van der Waals surface area contributed by atoms with E-state index in [-0.39, 0.29) is 17.7 Å². The van der Waals surface area contributed by atoms with Gasteiger partial charge in [0.05, 0.1) is 7.11 Å². The molecule has 3 heterocycles. The van der Waals surface area contributed by atoms with Crippen molar-refractivity contribution >= 4 is 16.9 Å². The number of nitrogens with zero attached hydrogens (tertiary/aromatic N) is 3. The molecule has 1 aromatic carbocycles. The van der Waals surface area contributed by atoms with E-state index in [1.54, 1.807) is 13.2 Å². The van der Waals surface area contributed by atoms with Gasteiger partial charge in [0.2, 0.25) is 11.8 Å². The maximum atomic E-state index is 12.8. The van der Waals surface area contributed by atoms with Gasteiger partial charge >= 0.3 is 0 Å². The first-order valence-electron chi connectivity index (χ1n) is 9.26. The van der Waals surface area contributed by atoms with Crippen molar-refractivity contribution in [3.05, 3.63) is 41.8 Å². The number of fused-ring (bicyclic) bond motifs is 1. The van der Waals surface area contributed by atoms with Crippen molar-refractivity contribution in [2.24, 2.45) is 0 Å². The average molecular weight is 369 g/mol. The molecule has 0 unspecified atom stereocenters. The molecule has 7 heteroatoms. The van der Waals surface area contributed by atoms with Crippen LogP contribution in [-0.4, -0.2) is 41.2 Å². The molecule has 0 atom stereocenters. The van der Waals surface area contributed by atoms with Crippen LogP contribution in [0.25, 0.3) is 11.0 Å². The zero-order chi connectivity index (χ0) is 19.0. The molecule has 1 aliphatic heterocycles. The molecule has 2 aromatic heterocycles. The highest BCUT2D eigenvalue weighted by molar-refractivity contribution is 5.97. The third-order valence-electron chi connectivity index (χ3n) is 5.02. The average Bonchev–Trinajstić information content (AvgIpc) is 3.34. The molecule has 1 fully saturated rings. The van der Waals surface area contributed by atoms with Crippen LogP contribution in [0.15, 0.2) is 33.1 Å². The van der Waals surface area contributed by atoms with Crippen LogP contribution in [0.5, 0.6) is 5.75 Å². The number of likely N-dealkylation sites (tertiary alicyclic amines) is 1. The van der Waals surface area contributed by atoms with E-state index in [1.165, 1.54) is 0 Å². The maximum Gasteiger partial charge on any atom is 0.289 e. The minimum atomic E-state index is -0.0971. The minimum absolute atomic E-state index is 0.0971. The van der Waals surface area contributed by atoms with Gasteiger partial charge in [0.1, 0.15) is 0 Å². The Morgan fingerprint density at radius 2 is 2.00 bits per heavy atom. The van der Waals surface area contributed by atoms with Gasteiger partial charge in [-0.05, 0) is 25.0 Å². The first kappa shape index (κ1) is 17.6. The number of benzene rings is 1. The van der Waals surface area contributed by atoms with Gasteiger partial charge in [-0.2, -0.15) is 0 Å². The van der Waals surface area contributed by atoms with Crippen LogP contribution < -0.4 is 4.74 Å². The normalized spacial score (nSPS) is 15.6. The number of para-hydroxylation sites is 1. The van der Waals surface area contributed by atoms with Crippen LogP contribution in [0, 0.1) is 0 Å². The third-order valence-corrected chi connectivity index (χ3v) is 5.02. The highest BCUT2D eigenvalue weighted by atomic mass is 16.5. The summed E-state index contributed by atoms with van der Waals surface area (Å²) in [6.45, 7) is 5.33. The number of rotatable bonds is 4. The zero-order valence-electron chi connectivity index (χ0n) is 15.8. The van der Waals surface area contributed by atoms with Crippen molar-refractivity contribution in [3.8, 4) is 5.75 Å². The van der Waals surface area contributed by atoms with Crippen molar-refractivity contribution in [2.45, 2.75) is 38.5 Å². The molecule has 0 spiro atoms. The van der Waals surface area contributed by atoms with Crippen LogP contribution in [0.3, 0.4) is 0 Å². The summed E-state index contributed by atoms with van der Waals surface area (Å²) in [6, 6.07) is 7.39. The van der Waals surface area contributed by atoms with Gasteiger partial charge < -0.3 is 18.5 Å². The Hall–Kier alpha value is -2.83. The predicted molar refractivity (Wildman–Crippen MR) is 99.0 cm³/mol. The number of amides is 1. The van der Waals surface area contributed by atoms with Gasteiger partial charge in [0.25, 0.3) is 5.91 Å². The lowest BCUT2D eigenvalue weighted by atomic mass is 9.96. The number of carbonyl (C=O) groups is 1. The smallest absolute Gasteiger partial charge is 0.289 e. The number of hydrogen-bond acceptors (Lipinski definition) is 6. The van der Waals surface area contributed by atoms with E-state index in [0.29, 0.717) is 42.0 Å². The fourth-order valence-corrected chi connectivity index (χ4v) is 3.43. The molecule has 27 heavy (non-hydrogen) atoms. The minimum Gasteiger partial charge on any atom is -0.493 e. The summed E-state index contributed by atoms with van der Waals surface area (Å²) in [5.74, 6) is 2.64. The summed E-state index contributed by atoms with van der Waals surface area (Å²) in [5.41, 5.74) is 0.602. The summed E-state index contributed by atoms with van der Waals surface area (Å²) in [4.78, 5) is 14.7. The molecular formula is C20H23N3O4. The molecule has 1 saturated heterocycles. The Labute approximate surface area is 157 Å². The van der Waals surface area contributed by atoms with E-state index in [4.69, 9.17) is 13.6 Å². The third kappa shape index (κ3) is 3.29. The van der Waals surface area contributed by atoms with Crippen molar-refractivity contribution in [1.29, 1.82) is 0 Å². The van der Waals surface area contributed by atoms with E-state index in [0.717, 1.165) is 18.2 Å². The highest BCUT2D eigenvalue weighted by Gasteiger charge is 2.29. The van der Waals surface area contributed by atoms with Gasteiger partial charge in [-0.15, -0.1) is 10.2 Å². The van der Waals surface area contributed by atoms with Crippen LogP contribution in [0.2, 0.25) is 0 Å². The topological polar surface area (TPSA) is 81.6 Å². The predicted octanol–water partition coefficient (Wildman–Crippen LogP) is 3.97. The molecule has 0 bridgehead atoms. The molecule has 142 valence electrons. The molecule has 7 nitrogen and oxygen atoms in total. The first-order valence-corrected chi connectivity index (χ1v) is 9.26. The van der Waals surface area contributed by atoms with Crippen molar-refractivity contribution < 1.29 is 18.4 Å². The molecule has 0 N–H and O–H groups in total. The number of hydrogen-bond donors (Lipinski definition) is 0. The van der Waals surface area contributed by atoms with Crippen molar-refractivity contribution in [2.75, 3.05) is 20.2 Å². The SMILES string of the molecule is COc1cccc2cc(C(=O)N3CCC(c4nnc(C(C)C)o4)CC3)oc12. The van der Waals surface area contributed by atoms with Gasteiger partial charge in [0.15, 0.2) is 17.1 Å². The van der Waals surface area contributed by atoms with Crippen LogP contribution >= 0.6 is 0 Å². The van der Waals surface area contributed by atoms with Gasteiger partial charge in [-0.3, -0.25) is 4.79 Å². The second kappa shape index (κ2) is 7.06. The molecule has 1 aliphatic rings. The van der Waals surface area contributed by atoms with E-state index < -0.39 is 0 Å². The monoisotopic (exact) mass is 369 g/mol. The molecule has 3 aromatic rings. The summed E-state index contributed by atoms with van der Waals surface area (Å²) >= 11 is 0. The van der Waals surface area contributed by atoms with Crippen LogP contribution in [0.1, 0.15) is 60.9 Å². The highest BCUT2D eigenvalue weighted by Crippen LogP contribution is 2.31. The van der Waals surface area contributed by atoms with E-state index in [9.17, 15) is 4.79 Å². The number of carbonyl (C=O) groups excluding carboxylic acids is 1. The molecule has 4 rings (SSSR count). The standard InChI is InChI=1S/C20H23N3O4/c1-12(2)18-21-22-19(27-18)13-7-9-23(10-8-13)20(24)16-11-14-5-4-6-15(25-3)17(14)26-16/h4-6,11-13H,7-10H2,1-3H3. The summed E-state index contributed by atoms with van der Waals surface area (Å²) in [6.07, 6.45) is 1.60. The fraction of sp³-hybridized carbons (Fsp3) is 0.450. The Morgan fingerprint density at radius 3 is 2.67 bits per heavy atom. The van der Waals surface area contributed by atoms with Crippen molar-refractivity contribution in [3.63, 3.8) is 0 Å². The molecule has 1 amide bonds. The van der Waals surface area contributed by atoms with Gasteiger partial charge in [-0.1, -0.05) is 26.0 Å². The molecule has 0 saturated carbocycles. The lowest BCUT2D eigenvalue weighted by Gasteiger charge is -2.29. The number of furan rings is 1. The Bertz CT molecular complexity index is 951. The Kier molecular flexibility index (Phi) is 4.59. The molecular weight excluding hydrogens is 346 g/mol. The summed E-state index contributed by atoms with van der Waals surface area (Å²) in [7, 11) is 1.59. The Morgan fingerprint density at radius 1 is 1.22 bits per heavy atom. The number of aromatic nitrogens is 2. The number of ether oxygens (including phenoxy) is 1. The molecule has 0 aliphatic carbocycles. The lowest BCUT2D eigenvalue weighted by molar-refractivity contribution is 0.0676. The number of methoxy groups -OCH3 is 1. The lowest BCUT2D eigenvalue weighted by Crippen LogP contribution is -2.37. The van der Waals surface area contributed by atoms with Crippen LogP contribution in [0.4, 0.5) is 0 Å². The van der Waals surface area contributed by atoms with E-state index in [2.05, 4.69) is 10.2 Å². The second-order valence-electron chi connectivity index (χ2n) is 7.19. The van der Waals surface area contributed by atoms with Gasteiger partial charge in [0, 0.05) is 30.3 Å². The van der Waals surface area contributed by atoms with Crippen molar-refractivity contribution in [1.82, 2.24) is 15.1 Å². The Balaban J connectivity index is 1.45. The second-order valence-corrected chi connectivity index (χ2v) is 7.19. The van der Waals surface area contributed by atoms with E-state index >= 15 is 0 Å². The zero-order valence-corrected chi connectivity index (χ0v) is 15.8. The number of piperidine rings is 1. The maximum absolute atomic E-state index is 12.8. The molecule has 0 radical (unpaired) electrons. The van der Waals surface area contributed by atoms with E-state index in [1.807, 2.05) is 36.9 Å². The largest absolute Gasteiger partial charge is 0.493 e. The van der Waals surface area contributed by atoms with Gasteiger partial charge in [-0.25, -0.2) is 0 Å². The fourth-order valence-electron chi connectivity index (χ4n) is 3.43.